The van der Waals surface area contributed by atoms with Crippen LogP contribution in [-0.2, 0) is 40.0 Å². The highest BCUT2D eigenvalue weighted by Crippen LogP contribution is 2.27. The Bertz CT molecular complexity index is 2380. The topological polar surface area (TPSA) is 153 Å². The largest absolute Gasteiger partial charge is 0.493 e. The summed E-state index contributed by atoms with van der Waals surface area (Å²) in [6.45, 7) is 17.5. The number of aryl methyl sites for hydroxylation is 4. The van der Waals surface area contributed by atoms with E-state index in [-0.39, 0.29) is 0 Å². The predicted octanol–water partition coefficient (Wildman–Crippen LogP) is 10.6. The number of hydrogen-bond donors (Lipinski definition) is 1. The average molecular weight is 847 g/mol. The van der Waals surface area contributed by atoms with Crippen LogP contribution in [0.1, 0.15) is 82.5 Å². The van der Waals surface area contributed by atoms with Crippen molar-refractivity contribution in [3.63, 3.8) is 0 Å². The molecule has 0 fully saturated rings. The first-order valence-corrected chi connectivity index (χ1v) is 21.0. The first kappa shape index (κ1) is 46.5. The number of ether oxygens (including phenoxy) is 5. The normalized spacial score (nSPS) is 11.3. The van der Waals surface area contributed by atoms with Crippen LogP contribution in [0.15, 0.2) is 106 Å². The summed E-state index contributed by atoms with van der Waals surface area (Å²) in [5.41, 5.74) is 3.87. The molecule has 0 unspecified atom stereocenters. The zero-order valence-electron chi connectivity index (χ0n) is 37.2. The minimum atomic E-state index is -1.29. The van der Waals surface area contributed by atoms with Crippen molar-refractivity contribution in [2.24, 2.45) is 0 Å². The van der Waals surface area contributed by atoms with Crippen LogP contribution in [0.4, 0.5) is 0 Å². The molecular formula is C50H58N2O10. The van der Waals surface area contributed by atoms with Crippen molar-refractivity contribution in [3.8, 4) is 45.9 Å². The van der Waals surface area contributed by atoms with Gasteiger partial charge in [0.05, 0.1) is 31.2 Å². The number of benzene rings is 4. The SMILES string of the molecule is CCOC(=O)C(C)(C)Oc1ccc(OCCc2nc(-c3cccc(CC)c3)oc2C)cc1.CCc1cccc(-c2nc(CCOc3ccc(OC(C)(C)C(=O)O)cc3)c(C)o2)c1. The quantitative estimate of drug-likeness (QED) is 0.0772. The number of carbonyl (C=O) groups excluding carboxylic acids is 1. The number of carboxylic acid groups (broad SMARTS) is 1. The van der Waals surface area contributed by atoms with Crippen LogP contribution in [0.2, 0.25) is 0 Å². The fourth-order valence-electron chi connectivity index (χ4n) is 6.13. The van der Waals surface area contributed by atoms with Gasteiger partial charge in [0.1, 0.15) is 34.5 Å². The van der Waals surface area contributed by atoms with E-state index in [9.17, 15) is 9.59 Å². The molecule has 12 heteroatoms. The molecule has 0 aliphatic heterocycles. The molecule has 2 heterocycles. The van der Waals surface area contributed by atoms with Crippen molar-refractivity contribution in [2.75, 3.05) is 19.8 Å². The van der Waals surface area contributed by atoms with Crippen molar-refractivity contribution < 1.29 is 47.2 Å². The molecule has 0 saturated heterocycles. The van der Waals surface area contributed by atoms with Gasteiger partial charge in [0.2, 0.25) is 11.8 Å². The van der Waals surface area contributed by atoms with E-state index in [0.717, 1.165) is 46.9 Å². The highest BCUT2D eigenvalue weighted by molar-refractivity contribution is 5.79. The number of nitrogens with zero attached hydrogens (tertiary/aromatic N) is 2. The molecule has 0 amide bonds. The van der Waals surface area contributed by atoms with Crippen LogP contribution >= 0.6 is 0 Å². The van der Waals surface area contributed by atoms with Crippen molar-refractivity contribution >= 4 is 11.9 Å². The molecule has 0 aliphatic rings. The number of rotatable bonds is 19. The van der Waals surface area contributed by atoms with Crippen molar-refractivity contribution in [1.29, 1.82) is 0 Å². The fraction of sp³-hybridized carbons (Fsp3) is 0.360. The molecule has 328 valence electrons. The van der Waals surface area contributed by atoms with Crippen LogP contribution in [0.5, 0.6) is 23.0 Å². The molecule has 1 N–H and O–H groups in total. The highest BCUT2D eigenvalue weighted by Gasteiger charge is 2.32. The molecule has 0 atom stereocenters. The molecule has 0 saturated carbocycles. The molecule has 2 aromatic heterocycles. The second-order valence-corrected chi connectivity index (χ2v) is 15.5. The molecule has 0 aliphatic carbocycles. The maximum atomic E-state index is 12.0. The molecule has 4 aromatic carbocycles. The van der Waals surface area contributed by atoms with Gasteiger partial charge in [-0.25, -0.2) is 19.6 Å². The van der Waals surface area contributed by atoms with Gasteiger partial charge in [0.25, 0.3) is 0 Å². The fourth-order valence-corrected chi connectivity index (χ4v) is 6.13. The molecule has 0 bridgehead atoms. The van der Waals surface area contributed by atoms with E-state index < -0.39 is 23.1 Å². The Morgan fingerprint density at radius 1 is 0.597 bits per heavy atom. The Morgan fingerprint density at radius 3 is 1.39 bits per heavy atom. The van der Waals surface area contributed by atoms with Crippen molar-refractivity contribution in [2.45, 2.75) is 99.2 Å². The van der Waals surface area contributed by atoms with Gasteiger partial charge in [-0.15, -0.1) is 0 Å². The van der Waals surface area contributed by atoms with E-state index in [0.29, 0.717) is 67.4 Å². The number of carboxylic acids is 1. The van der Waals surface area contributed by atoms with Gasteiger partial charge >= 0.3 is 11.9 Å². The Kier molecular flexibility index (Phi) is 16.0. The van der Waals surface area contributed by atoms with E-state index in [1.165, 1.54) is 25.0 Å². The summed E-state index contributed by atoms with van der Waals surface area (Å²) in [6.07, 6.45) is 3.19. The number of carbonyl (C=O) groups is 2. The summed E-state index contributed by atoms with van der Waals surface area (Å²) >= 11 is 0. The van der Waals surface area contributed by atoms with Crippen LogP contribution in [0, 0.1) is 13.8 Å². The maximum absolute atomic E-state index is 12.0. The summed E-state index contributed by atoms with van der Waals surface area (Å²) in [7, 11) is 0. The van der Waals surface area contributed by atoms with Crippen LogP contribution in [-0.4, -0.2) is 58.0 Å². The number of hydrogen-bond acceptors (Lipinski definition) is 11. The Labute approximate surface area is 364 Å². The molecule has 0 radical (unpaired) electrons. The number of aliphatic carboxylic acids is 1. The molecule has 12 nitrogen and oxygen atoms in total. The van der Waals surface area contributed by atoms with Crippen LogP contribution in [0.25, 0.3) is 22.9 Å². The second-order valence-electron chi connectivity index (χ2n) is 15.5. The minimum absolute atomic E-state index is 0.315. The Morgan fingerprint density at radius 2 is 1.00 bits per heavy atom. The van der Waals surface area contributed by atoms with Gasteiger partial charge in [-0.3, -0.25) is 0 Å². The third kappa shape index (κ3) is 13.0. The lowest BCUT2D eigenvalue weighted by Crippen LogP contribution is -2.39. The van der Waals surface area contributed by atoms with E-state index in [1.54, 1.807) is 57.2 Å². The van der Waals surface area contributed by atoms with E-state index in [4.69, 9.17) is 37.6 Å². The molecule has 6 rings (SSSR count). The third-order valence-electron chi connectivity index (χ3n) is 9.84. The molecular weight excluding hydrogens is 789 g/mol. The summed E-state index contributed by atoms with van der Waals surface area (Å²) in [5, 5.41) is 9.14. The summed E-state index contributed by atoms with van der Waals surface area (Å²) < 4.78 is 39.7. The van der Waals surface area contributed by atoms with Gasteiger partial charge in [-0.05, 0) is 145 Å². The molecule has 62 heavy (non-hydrogen) atoms. The van der Waals surface area contributed by atoms with Gasteiger partial charge in [0, 0.05) is 24.0 Å². The zero-order chi connectivity index (χ0) is 44.9. The van der Waals surface area contributed by atoms with Gasteiger partial charge in [-0.1, -0.05) is 38.1 Å². The highest BCUT2D eigenvalue weighted by atomic mass is 16.6. The lowest BCUT2D eigenvalue weighted by atomic mass is 10.1. The second kappa shape index (κ2) is 21.3. The van der Waals surface area contributed by atoms with Gasteiger partial charge in [0.15, 0.2) is 11.2 Å². The Hall–Kier alpha value is -6.56. The van der Waals surface area contributed by atoms with E-state index >= 15 is 0 Å². The molecule has 0 spiro atoms. The van der Waals surface area contributed by atoms with Crippen molar-refractivity contribution in [1.82, 2.24) is 9.97 Å². The lowest BCUT2D eigenvalue weighted by Gasteiger charge is -2.24. The lowest BCUT2D eigenvalue weighted by molar-refractivity contribution is -0.158. The Balaban J connectivity index is 0.000000235. The number of aromatic nitrogens is 2. The van der Waals surface area contributed by atoms with Gasteiger partial charge in [-0.2, -0.15) is 0 Å². The minimum Gasteiger partial charge on any atom is -0.493 e. The molecule has 6 aromatic rings. The first-order valence-electron chi connectivity index (χ1n) is 21.0. The van der Waals surface area contributed by atoms with Crippen LogP contribution < -0.4 is 18.9 Å². The summed E-state index contributed by atoms with van der Waals surface area (Å²) in [6, 6.07) is 30.5. The van der Waals surface area contributed by atoms with Crippen molar-refractivity contribution in [3.05, 3.63) is 131 Å². The average Bonchev–Trinajstić information content (AvgIpc) is 3.83. The van der Waals surface area contributed by atoms with E-state index in [1.807, 2.05) is 50.2 Å². The zero-order valence-corrected chi connectivity index (χ0v) is 37.2. The number of oxazole rings is 2. The maximum Gasteiger partial charge on any atom is 0.349 e. The first-order chi connectivity index (χ1) is 29.6. The summed E-state index contributed by atoms with van der Waals surface area (Å²) in [4.78, 5) is 32.4. The van der Waals surface area contributed by atoms with Crippen LogP contribution in [0.3, 0.4) is 0 Å². The summed E-state index contributed by atoms with van der Waals surface area (Å²) in [5.74, 6) is 3.86. The monoisotopic (exact) mass is 846 g/mol. The van der Waals surface area contributed by atoms with Gasteiger partial charge < -0.3 is 37.6 Å². The smallest absolute Gasteiger partial charge is 0.349 e. The standard InChI is InChI=1S/C26H31NO5.C24H27NO5/c1-6-19-9-8-10-20(17-19)24-27-23(18(3)31-24)15-16-30-21-11-13-22(14-12-21)32-26(4,5)25(28)29-7-2;1-5-17-7-6-8-18(15-17)22-25-21(16(2)29-22)13-14-28-19-9-11-20(12-10-19)30-24(3,4)23(26)27/h8-14,17H,6-7,15-16H2,1-5H3;6-12,15H,5,13-14H2,1-4H3,(H,26,27). The number of esters is 1. The predicted molar refractivity (Wildman–Crippen MR) is 237 cm³/mol. The third-order valence-corrected chi connectivity index (χ3v) is 9.84. The van der Waals surface area contributed by atoms with E-state index in [2.05, 4.69) is 48.1 Å².